The van der Waals surface area contributed by atoms with Crippen molar-refractivity contribution in [3.8, 4) is 0 Å². The Kier molecular flexibility index (Phi) is 5.11. The van der Waals surface area contributed by atoms with Gasteiger partial charge in [0.05, 0.1) is 12.1 Å². The minimum Gasteiger partial charge on any atom is -0.481 e. The number of halogens is 1. The summed E-state index contributed by atoms with van der Waals surface area (Å²) in [7, 11) is -3.84. The highest BCUT2D eigenvalue weighted by molar-refractivity contribution is 7.57. The van der Waals surface area contributed by atoms with E-state index in [9.17, 15) is 23.7 Å². The molecule has 0 fully saturated rings. The highest BCUT2D eigenvalue weighted by Crippen LogP contribution is 2.48. The molecule has 4 nitrogen and oxygen atoms in total. The van der Waals surface area contributed by atoms with E-state index >= 15 is 0 Å². The highest BCUT2D eigenvalue weighted by atomic mass is 31.2. The maximum absolute atomic E-state index is 13.6. The third-order valence-electron chi connectivity index (χ3n) is 3.34. The fourth-order valence-corrected chi connectivity index (χ4v) is 4.11. The number of rotatable bonds is 6. The minimum atomic E-state index is -3.84. The lowest BCUT2D eigenvalue weighted by molar-refractivity contribution is -0.138. The number of carboxylic acid groups (broad SMARTS) is 1. The molecule has 116 valence electrons. The topological polar surface area (TPSA) is 74.6 Å². The summed E-state index contributed by atoms with van der Waals surface area (Å²) in [5, 5.41) is 9.30. The molecule has 0 bridgehead atoms. The average molecular weight is 322 g/mol. The van der Waals surface area contributed by atoms with Crippen molar-refractivity contribution in [3.63, 3.8) is 0 Å². The summed E-state index contributed by atoms with van der Waals surface area (Å²) in [6.07, 6.45) is -0.809. The predicted octanol–water partition coefficient (Wildman–Crippen LogP) is 3.46. The molecule has 0 aliphatic rings. The molecule has 0 amide bonds. The van der Waals surface area contributed by atoms with Gasteiger partial charge in [0.25, 0.3) is 0 Å². The zero-order valence-electron chi connectivity index (χ0n) is 11.7. The molecule has 0 heterocycles. The fraction of sp³-hybridized carbons (Fsp3) is 0.188. The fourth-order valence-electron chi connectivity index (χ4n) is 2.25. The smallest absolute Gasteiger partial charge is 0.311 e. The Morgan fingerprint density at radius 1 is 1.09 bits per heavy atom. The van der Waals surface area contributed by atoms with Crippen LogP contribution in [0.1, 0.15) is 17.0 Å². The van der Waals surface area contributed by atoms with E-state index in [1.807, 2.05) is 0 Å². The van der Waals surface area contributed by atoms with E-state index < -0.39 is 31.2 Å². The molecule has 0 aliphatic heterocycles. The SMILES string of the molecule is O=C(O)C(CP(=O)(O)Cc1ccccc1F)c1ccccc1. The molecule has 2 atom stereocenters. The maximum atomic E-state index is 13.6. The van der Waals surface area contributed by atoms with E-state index in [0.717, 1.165) is 0 Å². The molecular formula is C16H16FO4P. The van der Waals surface area contributed by atoms with Gasteiger partial charge in [-0.3, -0.25) is 9.36 Å². The van der Waals surface area contributed by atoms with Gasteiger partial charge < -0.3 is 10.00 Å². The highest BCUT2D eigenvalue weighted by Gasteiger charge is 2.30. The Balaban J connectivity index is 2.20. The van der Waals surface area contributed by atoms with Crippen molar-refractivity contribution < 1.29 is 23.7 Å². The van der Waals surface area contributed by atoms with Gasteiger partial charge in [0.2, 0.25) is 7.37 Å². The first-order chi connectivity index (χ1) is 10.4. The van der Waals surface area contributed by atoms with Crippen LogP contribution in [0.15, 0.2) is 54.6 Å². The number of aliphatic carboxylic acids is 1. The van der Waals surface area contributed by atoms with Crippen LogP contribution in [0, 0.1) is 5.82 Å². The standard InChI is InChI=1S/C16H16FO4P/c17-15-9-5-4-8-13(15)10-22(20,21)11-14(16(18)19)12-6-2-1-3-7-12/h1-9,14H,10-11H2,(H,18,19)(H,20,21). The van der Waals surface area contributed by atoms with Gasteiger partial charge in [0, 0.05) is 6.16 Å². The molecule has 0 spiro atoms. The zero-order chi connectivity index (χ0) is 16.2. The van der Waals surface area contributed by atoms with Crippen LogP contribution in [0.5, 0.6) is 0 Å². The molecule has 22 heavy (non-hydrogen) atoms. The van der Waals surface area contributed by atoms with E-state index in [1.54, 1.807) is 36.4 Å². The Morgan fingerprint density at radius 3 is 2.27 bits per heavy atom. The van der Waals surface area contributed by atoms with Gasteiger partial charge in [0.1, 0.15) is 5.82 Å². The maximum Gasteiger partial charge on any atom is 0.311 e. The lowest BCUT2D eigenvalue weighted by atomic mass is 10.0. The van der Waals surface area contributed by atoms with Crippen LogP contribution in [-0.4, -0.2) is 22.1 Å². The average Bonchev–Trinajstić information content (AvgIpc) is 2.48. The summed E-state index contributed by atoms with van der Waals surface area (Å²) in [6.45, 7) is 0. The van der Waals surface area contributed by atoms with Gasteiger partial charge in [-0.15, -0.1) is 0 Å². The van der Waals surface area contributed by atoms with Crippen molar-refractivity contribution in [1.82, 2.24) is 0 Å². The number of hydrogen-bond donors (Lipinski definition) is 2. The van der Waals surface area contributed by atoms with Crippen LogP contribution < -0.4 is 0 Å². The molecule has 0 saturated carbocycles. The van der Waals surface area contributed by atoms with Crippen LogP contribution in [0.2, 0.25) is 0 Å². The van der Waals surface area contributed by atoms with Crippen LogP contribution in [0.4, 0.5) is 4.39 Å². The first kappa shape index (κ1) is 16.4. The third kappa shape index (κ3) is 4.26. The number of carboxylic acids is 1. The van der Waals surface area contributed by atoms with Gasteiger partial charge in [-0.1, -0.05) is 48.5 Å². The van der Waals surface area contributed by atoms with E-state index in [0.29, 0.717) is 5.56 Å². The van der Waals surface area contributed by atoms with Crippen molar-refractivity contribution in [2.75, 3.05) is 6.16 Å². The quantitative estimate of drug-likeness (QED) is 0.799. The Bertz CT molecular complexity index is 702. The van der Waals surface area contributed by atoms with Crippen molar-refractivity contribution in [1.29, 1.82) is 0 Å². The van der Waals surface area contributed by atoms with Gasteiger partial charge >= 0.3 is 5.97 Å². The summed E-state index contributed by atoms with van der Waals surface area (Å²) in [5.41, 5.74) is 0.573. The Morgan fingerprint density at radius 2 is 1.68 bits per heavy atom. The van der Waals surface area contributed by atoms with Gasteiger partial charge in [0.15, 0.2) is 0 Å². The van der Waals surface area contributed by atoms with Gasteiger partial charge in [-0.05, 0) is 17.2 Å². The largest absolute Gasteiger partial charge is 0.481 e. The van der Waals surface area contributed by atoms with Crippen LogP contribution >= 0.6 is 7.37 Å². The number of hydrogen-bond acceptors (Lipinski definition) is 2. The molecule has 2 N–H and O–H groups in total. The van der Waals surface area contributed by atoms with Crippen LogP contribution in [-0.2, 0) is 15.5 Å². The molecule has 6 heteroatoms. The van der Waals surface area contributed by atoms with Crippen molar-refractivity contribution >= 4 is 13.3 Å². The van der Waals surface area contributed by atoms with Crippen molar-refractivity contribution in [3.05, 3.63) is 71.5 Å². The van der Waals surface area contributed by atoms with Crippen LogP contribution in [0.25, 0.3) is 0 Å². The molecule has 0 aliphatic carbocycles. The zero-order valence-corrected chi connectivity index (χ0v) is 12.6. The lowest BCUT2D eigenvalue weighted by Crippen LogP contribution is -2.16. The number of benzene rings is 2. The summed E-state index contributed by atoms with van der Waals surface area (Å²) in [4.78, 5) is 21.5. The second-order valence-electron chi connectivity index (χ2n) is 5.08. The first-order valence-electron chi connectivity index (χ1n) is 6.71. The second-order valence-corrected chi connectivity index (χ2v) is 7.45. The summed E-state index contributed by atoms with van der Waals surface area (Å²) in [5.74, 6) is -2.83. The van der Waals surface area contributed by atoms with Crippen molar-refractivity contribution in [2.45, 2.75) is 12.1 Å². The predicted molar refractivity (Wildman–Crippen MR) is 81.6 cm³/mol. The van der Waals surface area contributed by atoms with Gasteiger partial charge in [-0.25, -0.2) is 4.39 Å². The monoisotopic (exact) mass is 322 g/mol. The van der Waals surface area contributed by atoms with Gasteiger partial charge in [-0.2, -0.15) is 0 Å². The first-order valence-corrected chi connectivity index (χ1v) is 8.74. The molecule has 2 rings (SSSR count). The van der Waals surface area contributed by atoms with Crippen molar-refractivity contribution in [2.24, 2.45) is 0 Å². The molecule has 2 unspecified atom stereocenters. The molecule has 0 saturated heterocycles. The van der Waals surface area contributed by atoms with E-state index in [1.165, 1.54) is 18.2 Å². The van der Waals surface area contributed by atoms with E-state index in [-0.39, 0.29) is 11.7 Å². The summed E-state index contributed by atoms with van der Waals surface area (Å²) < 4.78 is 25.9. The normalized spacial score (nSPS) is 15.0. The van der Waals surface area contributed by atoms with Crippen LogP contribution in [0.3, 0.4) is 0 Å². The summed E-state index contributed by atoms with van der Waals surface area (Å²) >= 11 is 0. The van der Waals surface area contributed by atoms with E-state index in [4.69, 9.17) is 0 Å². The Hall–Kier alpha value is -1.97. The lowest BCUT2D eigenvalue weighted by Gasteiger charge is -2.18. The summed E-state index contributed by atoms with van der Waals surface area (Å²) in [6, 6.07) is 14.0. The number of carbonyl (C=O) groups is 1. The minimum absolute atomic E-state index is 0.116. The molecular weight excluding hydrogens is 306 g/mol. The third-order valence-corrected chi connectivity index (χ3v) is 5.11. The second kappa shape index (κ2) is 6.86. The molecule has 2 aromatic carbocycles. The molecule has 2 aromatic rings. The molecule has 0 aromatic heterocycles. The Labute approximate surface area is 127 Å². The van der Waals surface area contributed by atoms with E-state index in [2.05, 4.69) is 0 Å². The molecule has 0 radical (unpaired) electrons.